The molecule has 1 saturated heterocycles. The van der Waals surface area contributed by atoms with Crippen molar-refractivity contribution >= 4 is 11.6 Å². The molecule has 0 saturated carbocycles. The zero-order valence-corrected chi connectivity index (χ0v) is 12.3. The Morgan fingerprint density at radius 2 is 2.15 bits per heavy atom. The Balaban J connectivity index is 2.09. The summed E-state index contributed by atoms with van der Waals surface area (Å²) >= 11 is 0. The Morgan fingerprint density at radius 3 is 2.90 bits per heavy atom. The largest absolute Gasteiger partial charge is 0.374 e. The molecule has 4 heteroatoms. The molecular formula is C16H23NO3. The second-order valence-corrected chi connectivity index (χ2v) is 5.49. The third kappa shape index (κ3) is 3.57. The van der Waals surface area contributed by atoms with Gasteiger partial charge in [0.2, 0.25) is 5.78 Å². The van der Waals surface area contributed by atoms with Crippen LogP contribution in [0.15, 0.2) is 23.9 Å². The summed E-state index contributed by atoms with van der Waals surface area (Å²) in [7, 11) is 0. The van der Waals surface area contributed by atoms with E-state index in [1.165, 1.54) is 0 Å². The fraction of sp³-hybridized carbons (Fsp3) is 0.625. The molecule has 4 nitrogen and oxygen atoms in total. The Morgan fingerprint density at radius 1 is 1.35 bits per heavy atom. The molecule has 0 radical (unpaired) electrons. The average molecular weight is 277 g/mol. The monoisotopic (exact) mass is 277 g/mol. The molecule has 2 atom stereocenters. The molecule has 20 heavy (non-hydrogen) atoms. The van der Waals surface area contributed by atoms with E-state index < -0.39 is 0 Å². The van der Waals surface area contributed by atoms with Crippen LogP contribution >= 0.6 is 0 Å². The number of rotatable bonds is 3. The van der Waals surface area contributed by atoms with Gasteiger partial charge in [0.1, 0.15) is 0 Å². The standard InChI is InChI=1S/C16H23NO3/c1-3-20-16-9-8-13(7-6-12(16)2)17-10-4-5-14(18)15(19)11-17/h7-9,12,16H,3-6,10-11H2,1-2H3. The highest BCUT2D eigenvalue weighted by Gasteiger charge is 2.24. The van der Waals surface area contributed by atoms with E-state index >= 15 is 0 Å². The molecule has 0 amide bonds. The fourth-order valence-electron chi connectivity index (χ4n) is 2.67. The Kier molecular flexibility index (Phi) is 5.12. The molecule has 0 aromatic carbocycles. The lowest BCUT2D eigenvalue weighted by Crippen LogP contribution is -2.29. The molecule has 0 aromatic heterocycles. The van der Waals surface area contributed by atoms with Crippen LogP contribution in [0.25, 0.3) is 0 Å². The molecule has 2 unspecified atom stereocenters. The van der Waals surface area contributed by atoms with Crippen LogP contribution in [0.1, 0.15) is 33.1 Å². The maximum absolute atomic E-state index is 11.7. The molecule has 0 aromatic rings. The van der Waals surface area contributed by atoms with Gasteiger partial charge in [-0.2, -0.15) is 0 Å². The number of ether oxygens (including phenoxy) is 1. The van der Waals surface area contributed by atoms with Gasteiger partial charge in [-0.15, -0.1) is 0 Å². The third-order valence-electron chi connectivity index (χ3n) is 3.92. The van der Waals surface area contributed by atoms with E-state index in [2.05, 4.69) is 19.1 Å². The van der Waals surface area contributed by atoms with Crippen molar-refractivity contribution in [1.29, 1.82) is 0 Å². The number of ketones is 2. The first kappa shape index (κ1) is 15.0. The van der Waals surface area contributed by atoms with E-state index in [0.717, 1.165) is 25.1 Å². The fourth-order valence-corrected chi connectivity index (χ4v) is 2.67. The van der Waals surface area contributed by atoms with Crippen LogP contribution in [-0.2, 0) is 14.3 Å². The SMILES string of the molecule is CCOC1C=CC(N2CCCC(=O)C(=O)C2)=CCC1C. The van der Waals surface area contributed by atoms with Gasteiger partial charge >= 0.3 is 0 Å². The third-order valence-corrected chi connectivity index (χ3v) is 3.92. The van der Waals surface area contributed by atoms with E-state index in [9.17, 15) is 9.59 Å². The van der Waals surface area contributed by atoms with E-state index in [4.69, 9.17) is 4.74 Å². The van der Waals surface area contributed by atoms with E-state index in [1.807, 2.05) is 17.9 Å². The summed E-state index contributed by atoms with van der Waals surface area (Å²) in [5.41, 5.74) is 1.04. The first-order valence-corrected chi connectivity index (χ1v) is 7.42. The van der Waals surface area contributed by atoms with Crippen molar-refractivity contribution in [2.45, 2.75) is 39.2 Å². The van der Waals surface area contributed by atoms with E-state index in [1.54, 1.807) is 0 Å². The minimum atomic E-state index is -0.268. The summed E-state index contributed by atoms with van der Waals surface area (Å²) in [6.07, 6.45) is 8.44. The van der Waals surface area contributed by atoms with E-state index in [-0.39, 0.29) is 24.2 Å². The number of nitrogens with zero attached hydrogens (tertiary/aromatic N) is 1. The highest BCUT2D eigenvalue weighted by Crippen LogP contribution is 2.22. The normalized spacial score (nSPS) is 28.1. The summed E-state index contributed by atoms with van der Waals surface area (Å²) in [4.78, 5) is 25.2. The first-order chi connectivity index (χ1) is 9.61. The van der Waals surface area contributed by atoms with Gasteiger partial charge < -0.3 is 9.64 Å². The number of likely N-dealkylation sites (tertiary alicyclic amines) is 1. The molecule has 0 spiro atoms. The zero-order chi connectivity index (χ0) is 14.5. The average Bonchev–Trinajstić information content (AvgIpc) is 2.70. The van der Waals surface area contributed by atoms with Gasteiger partial charge in [0.05, 0.1) is 12.6 Å². The lowest BCUT2D eigenvalue weighted by Gasteiger charge is -2.22. The molecule has 1 fully saturated rings. The van der Waals surface area contributed by atoms with Crippen molar-refractivity contribution in [2.75, 3.05) is 19.7 Å². The maximum Gasteiger partial charge on any atom is 0.217 e. The highest BCUT2D eigenvalue weighted by atomic mass is 16.5. The van der Waals surface area contributed by atoms with Crippen molar-refractivity contribution in [3.8, 4) is 0 Å². The predicted octanol–water partition coefficient (Wildman–Crippen LogP) is 2.11. The second-order valence-electron chi connectivity index (χ2n) is 5.49. The summed E-state index contributed by atoms with van der Waals surface area (Å²) < 4.78 is 5.71. The van der Waals surface area contributed by atoms with Gasteiger partial charge in [-0.1, -0.05) is 19.1 Å². The predicted molar refractivity (Wildman–Crippen MR) is 77.2 cm³/mol. The molecule has 110 valence electrons. The molecule has 2 rings (SSSR count). The van der Waals surface area contributed by atoms with Crippen LogP contribution < -0.4 is 0 Å². The highest BCUT2D eigenvalue weighted by molar-refractivity contribution is 6.38. The van der Waals surface area contributed by atoms with Crippen LogP contribution in [-0.4, -0.2) is 42.3 Å². The van der Waals surface area contributed by atoms with Crippen LogP contribution in [0, 0.1) is 5.92 Å². The number of allylic oxidation sites excluding steroid dienone is 2. The molecule has 2 aliphatic rings. The summed E-state index contributed by atoms with van der Waals surface area (Å²) in [6.45, 7) is 5.84. The lowest BCUT2D eigenvalue weighted by molar-refractivity contribution is -0.136. The minimum absolute atomic E-state index is 0.123. The van der Waals surface area contributed by atoms with Gasteiger partial charge in [-0.05, 0) is 31.8 Å². The van der Waals surface area contributed by atoms with E-state index in [0.29, 0.717) is 18.9 Å². The van der Waals surface area contributed by atoms with Crippen molar-refractivity contribution < 1.29 is 14.3 Å². The quantitative estimate of drug-likeness (QED) is 0.741. The molecular weight excluding hydrogens is 254 g/mol. The topological polar surface area (TPSA) is 46.6 Å². The van der Waals surface area contributed by atoms with Crippen LogP contribution in [0.5, 0.6) is 0 Å². The Bertz CT molecular complexity index is 439. The molecule has 1 heterocycles. The lowest BCUT2D eigenvalue weighted by atomic mass is 10.0. The van der Waals surface area contributed by atoms with Gasteiger partial charge in [-0.25, -0.2) is 0 Å². The van der Waals surface area contributed by atoms with Gasteiger partial charge in [0, 0.05) is 25.3 Å². The number of hydrogen-bond donors (Lipinski definition) is 0. The number of carbonyl (C=O) groups excluding carboxylic acids is 2. The Labute approximate surface area is 120 Å². The van der Waals surface area contributed by atoms with Crippen molar-refractivity contribution in [2.24, 2.45) is 5.92 Å². The molecule has 1 aliphatic carbocycles. The smallest absolute Gasteiger partial charge is 0.217 e. The summed E-state index contributed by atoms with van der Waals surface area (Å²) in [5.74, 6) is -0.0743. The van der Waals surface area contributed by atoms with Crippen molar-refractivity contribution in [3.63, 3.8) is 0 Å². The number of Topliss-reactive ketones (excluding diaryl/α,β-unsaturated/α-hetero) is 2. The Hall–Kier alpha value is -1.42. The van der Waals surface area contributed by atoms with Crippen LogP contribution in [0.4, 0.5) is 0 Å². The van der Waals surface area contributed by atoms with Gasteiger partial charge in [-0.3, -0.25) is 9.59 Å². The maximum atomic E-state index is 11.7. The van der Waals surface area contributed by atoms with Gasteiger partial charge in [0.25, 0.3) is 0 Å². The van der Waals surface area contributed by atoms with Crippen LogP contribution in [0.3, 0.4) is 0 Å². The van der Waals surface area contributed by atoms with Gasteiger partial charge in [0.15, 0.2) is 5.78 Å². The van der Waals surface area contributed by atoms with Crippen molar-refractivity contribution in [1.82, 2.24) is 4.90 Å². The summed E-state index contributed by atoms with van der Waals surface area (Å²) in [6, 6.07) is 0. The number of carbonyl (C=O) groups is 2. The van der Waals surface area contributed by atoms with Crippen LogP contribution in [0.2, 0.25) is 0 Å². The molecule has 1 aliphatic heterocycles. The second kappa shape index (κ2) is 6.84. The zero-order valence-electron chi connectivity index (χ0n) is 12.3. The first-order valence-electron chi connectivity index (χ1n) is 7.42. The minimum Gasteiger partial charge on any atom is -0.374 e. The molecule has 0 bridgehead atoms. The summed E-state index contributed by atoms with van der Waals surface area (Å²) in [5, 5.41) is 0. The number of hydrogen-bond acceptors (Lipinski definition) is 4. The van der Waals surface area contributed by atoms with Crippen molar-refractivity contribution in [3.05, 3.63) is 23.9 Å². The molecule has 0 N–H and O–H groups in total.